The summed E-state index contributed by atoms with van der Waals surface area (Å²) in [6, 6.07) is 12.8. The van der Waals surface area contributed by atoms with Crippen molar-refractivity contribution in [1.29, 1.82) is 0 Å². The lowest BCUT2D eigenvalue weighted by Crippen LogP contribution is -2.24. The number of unbranched alkanes of at least 4 members (excludes halogenated alkanes) is 1. The van der Waals surface area contributed by atoms with Crippen LogP contribution in [0.5, 0.6) is 0 Å². The van der Waals surface area contributed by atoms with E-state index in [4.69, 9.17) is 5.73 Å². The summed E-state index contributed by atoms with van der Waals surface area (Å²) < 4.78 is 22.8. The van der Waals surface area contributed by atoms with E-state index in [0.717, 1.165) is 6.26 Å². The lowest BCUT2D eigenvalue weighted by Gasteiger charge is -2.08. The Morgan fingerprint density at radius 1 is 1.00 bits per heavy atom. The lowest BCUT2D eigenvalue weighted by molar-refractivity contribution is -0.116. The van der Waals surface area contributed by atoms with Crippen LogP contribution in [-0.2, 0) is 14.6 Å². The molecule has 0 heterocycles. The summed E-state index contributed by atoms with van der Waals surface area (Å²) in [4.78, 5) is 24.1. The van der Waals surface area contributed by atoms with Gasteiger partial charge in [-0.1, -0.05) is 12.1 Å². The van der Waals surface area contributed by atoms with Crippen molar-refractivity contribution in [3.63, 3.8) is 0 Å². The minimum absolute atomic E-state index is 0.129. The van der Waals surface area contributed by atoms with Crippen molar-refractivity contribution in [3.05, 3.63) is 54.1 Å². The molecule has 0 aliphatic heterocycles. The molecule has 0 saturated carbocycles. The molecule has 0 aromatic heterocycles. The lowest BCUT2D eigenvalue weighted by atomic mass is 10.2. The molecule has 2 rings (SSSR count). The van der Waals surface area contributed by atoms with Gasteiger partial charge in [-0.05, 0) is 49.2 Å². The van der Waals surface area contributed by atoms with Crippen LogP contribution in [0.4, 0.5) is 11.4 Å². The van der Waals surface area contributed by atoms with Gasteiger partial charge >= 0.3 is 0 Å². The fourth-order valence-electron chi connectivity index (χ4n) is 2.39. The second kappa shape index (κ2) is 9.18. The maximum Gasteiger partial charge on any atom is 0.251 e. The average Bonchev–Trinajstić information content (AvgIpc) is 2.62. The number of hydrogen-bond donors (Lipinski definition) is 3. The van der Waals surface area contributed by atoms with E-state index in [-0.39, 0.29) is 16.7 Å². The first-order chi connectivity index (χ1) is 12.8. The highest BCUT2D eigenvalue weighted by molar-refractivity contribution is 7.90. The third-order valence-electron chi connectivity index (χ3n) is 3.90. The van der Waals surface area contributed by atoms with Gasteiger partial charge < -0.3 is 16.4 Å². The minimum Gasteiger partial charge on any atom is -0.397 e. The first-order valence-electron chi connectivity index (χ1n) is 8.50. The Kier molecular flexibility index (Phi) is 6.95. The average molecular weight is 389 g/mol. The van der Waals surface area contributed by atoms with Gasteiger partial charge in [-0.25, -0.2) is 8.42 Å². The molecule has 8 heteroatoms. The Bertz CT molecular complexity index is 909. The summed E-state index contributed by atoms with van der Waals surface area (Å²) in [5.74, 6) is -0.410. The number of benzene rings is 2. The highest BCUT2D eigenvalue weighted by atomic mass is 32.2. The van der Waals surface area contributed by atoms with Crippen molar-refractivity contribution < 1.29 is 18.0 Å². The predicted molar refractivity (Wildman–Crippen MR) is 105 cm³/mol. The standard InChI is InChI=1S/C19H23N3O4S/c1-27(25,26)15-11-9-14(10-12-15)19(24)21-13-5-4-8-18(23)22-17-7-3-2-6-16(17)20/h2-3,6-7,9-12H,4-5,8,13,20H2,1H3,(H,21,24)(H,22,23). The molecule has 0 atom stereocenters. The summed E-state index contributed by atoms with van der Waals surface area (Å²) in [6.45, 7) is 0.424. The molecule has 0 fully saturated rings. The van der Waals surface area contributed by atoms with Gasteiger partial charge in [-0.3, -0.25) is 9.59 Å². The Labute approximate surface area is 158 Å². The van der Waals surface area contributed by atoms with Crippen LogP contribution >= 0.6 is 0 Å². The Balaban J connectivity index is 1.70. The van der Waals surface area contributed by atoms with E-state index < -0.39 is 9.84 Å². The molecule has 0 aliphatic rings. The third kappa shape index (κ3) is 6.41. The second-order valence-corrected chi connectivity index (χ2v) is 8.16. The smallest absolute Gasteiger partial charge is 0.251 e. The van der Waals surface area contributed by atoms with Gasteiger partial charge in [0.05, 0.1) is 16.3 Å². The molecule has 0 radical (unpaired) electrons. The van der Waals surface area contributed by atoms with Crippen LogP contribution in [0.3, 0.4) is 0 Å². The number of sulfone groups is 1. The minimum atomic E-state index is -3.28. The number of carbonyl (C=O) groups excluding carboxylic acids is 2. The fraction of sp³-hybridized carbons (Fsp3) is 0.263. The van der Waals surface area contributed by atoms with E-state index in [2.05, 4.69) is 10.6 Å². The first kappa shape index (κ1) is 20.4. The summed E-state index contributed by atoms with van der Waals surface area (Å²) in [7, 11) is -3.28. The van der Waals surface area contributed by atoms with E-state index in [1.165, 1.54) is 24.3 Å². The van der Waals surface area contributed by atoms with E-state index >= 15 is 0 Å². The summed E-state index contributed by atoms with van der Waals surface area (Å²) in [6.07, 6.45) is 2.70. The van der Waals surface area contributed by atoms with Gasteiger partial charge in [0.15, 0.2) is 9.84 Å². The van der Waals surface area contributed by atoms with Gasteiger partial charge in [-0.15, -0.1) is 0 Å². The molecular weight excluding hydrogens is 366 g/mol. The van der Waals surface area contributed by atoms with Crippen molar-refractivity contribution in [2.24, 2.45) is 0 Å². The van der Waals surface area contributed by atoms with Crippen molar-refractivity contribution in [3.8, 4) is 0 Å². The molecule has 0 bridgehead atoms. The number of amides is 2. The first-order valence-corrected chi connectivity index (χ1v) is 10.4. The number of nitrogen functional groups attached to an aromatic ring is 1. The zero-order chi connectivity index (χ0) is 19.9. The molecular formula is C19H23N3O4S. The van der Waals surface area contributed by atoms with Crippen LogP contribution in [-0.4, -0.2) is 33.0 Å². The molecule has 7 nitrogen and oxygen atoms in total. The zero-order valence-electron chi connectivity index (χ0n) is 15.1. The summed E-state index contributed by atoms with van der Waals surface area (Å²) >= 11 is 0. The normalized spacial score (nSPS) is 11.0. The Morgan fingerprint density at radius 3 is 2.30 bits per heavy atom. The molecule has 144 valence electrons. The van der Waals surface area contributed by atoms with E-state index in [0.29, 0.717) is 42.7 Å². The van der Waals surface area contributed by atoms with Crippen LogP contribution in [0.25, 0.3) is 0 Å². The van der Waals surface area contributed by atoms with Gasteiger partial charge in [0.2, 0.25) is 5.91 Å². The molecule has 0 aliphatic carbocycles. The Hall–Kier alpha value is -2.87. The maximum absolute atomic E-state index is 12.0. The SMILES string of the molecule is CS(=O)(=O)c1ccc(C(=O)NCCCCC(=O)Nc2ccccc2N)cc1. The second-order valence-electron chi connectivity index (χ2n) is 6.14. The van der Waals surface area contributed by atoms with Gasteiger partial charge in [0.25, 0.3) is 5.91 Å². The van der Waals surface area contributed by atoms with Crippen molar-refractivity contribution in [2.75, 3.05) is 23.9 Å². The van der Waals surface area contributed by atoms with Crippen molar-refractivity contribution in [2.45, 2.75) is 24.2 Å². The van der Waals surface area contributed by atoms with E-state index in [1.54, 1.807) is 24.3 Å². The fourth-order valence-corrected chi connectivity index (χ4v) is 3.02. The van der Waals surface area contributed by atoms with Crippen molar-refractivity contribution in [1.82, 2.24) is 5.32 Å². The van der Waals surface area contributed by atoms with Crippen LogP contribution in [0.15, 0.2) is 53.4 Å². The zero-order valence-corrected chi connectivity index (χ0v) is 15.9. The molecule has 2 aromatic rings. The topological polar surface area (TPSA) is 118 Å². The molecule has 2 aromatic carbocycles. The number of nitrogens with one attached hydrogen (secondary N) is 2. The molecule has 0 spiro atoms. The third-order valence-corrected chi connectivity index (χ3v) is 5.02. The monoisotopic (exact) mass is 389 g/mol. The highest BCUT2D eigenvalue weighted by Crippen LogP contribution is 2.17. The van der Waals surface area contributed by atoms with E-state index in [9.17, 15) is 18.0 Å². The molecule has 4 N–H and O–H groups in total. The number of para-hydroxylation sites is 2. The number of hydrogen-bond acceptors (Lipinski definition) is 5. The van der Waals surface area contributed by atoms with Gasteiger partial charge in [0.1, 0.15) is 0 Å². The van der Waals surface area contributed by atoms with Gasteiger partial charge in [0, 0.05) is 24.8 Å². The largest absolute Gasteiger partial charge is 0.397 e. The van der Waals surface area contributed by atoms with Gasteiger partial charge in [-0.2, -0.15) is 0 Å². The van der Waals surface area contributed by atoms with Crippen molar-refractivity contribution >= 4 is 33.0 Å². The van der Waals surface area contributed by atoms with Crippen LogP contribution < -0.4 is 16.4 Å². The predicted octanol–water partition coefficient (Wildman–Crippen LogP) is 2.21. The number of carbonyl (C=O) groups is 2. The van der Waals surface area contributed by atoms with E-state index in [1.807, 2.05) is 0 Å². The van der Waals surface area contributed by atoms with Crippen LogP contribution in [0, 0.1) is 0 Å². The number of rotatable bonds is 8. The summed E-state index contributed by atoms with van der Waals surface area (Å²) in [5.41, 5.74) is 7.26. The molecule has 0 saturated heterocycles. The van der Waals surface area contributed by atoms with Crippen LogP contribution in [0.1, 0.15) is 29.6 Å². The summed E-state index contributed by atoms with van der Waals surface area (Å²) in [5, 5.41) is 5.50. The number of nitrogens with two attached hydrogens (primary N) is 1. The highest BCUT2D eigenvalue weighted by Gasteiger charge is 2.10. The molecule has 0 unspecified atom stereocenters. The van der Waals surface area contributed by atoms with Crippen LogP contribution in [0.2, 0.25) is 0 Å². The maximum atomic E-state index is 12.0. The molecule has 2 amide bonds. The number of anilines is 2. The Morgan fingerprint density at radius 2 is 1.67 bits per heavy atom. The molecule has 27 heavy (non-hydrogen) atoms. The quantitative estimate of drug-likeness (QED) is 0.472.